The molecule has 1 amide bonds. The largest absolute Gasteiger partial charge is 0.497 e. The summed E-state index contributed by atoms with van der Waals surface area (Å²) in [5.41, 5.74) is 3.55. The Hall–Kier alpha value is -2.98. The predicted molar refractivity (Wildman–Crippen MR) is 111 cm³/mol. The lowest BCUT2D eigenvalue weighted by Gasteiger charge is -2.11. The van der Waals surface area contributed by atoms with E-state index in [1.54, 1.807) is 13.2 Å². The first-order valence-corrected chi connectivity index (χ1v) is 9.02. The molecule has 2 N–H and O–H groups in total. The molecule has 27 heavy (non-hydrogen) atoms. The van der Waals surface area contributed by atoms with E-state index in [4.69, 9.17) is 16.3 Å². The minimum Gasteiger partial charge on any atom is -0.497 e. The summed E-state index contributed by atoms with van der Waals surface area (Å²) in [6.45, 7) is 0.683. The van der Waals surface area contributed by atoms with Crippen molar-refractivity contribution < 1.29 is 9.53 Å². The van der Waals surface area contributed by atoms with Crippen LogP contribution in [0.3, 0.4) is 0 Å². The van der Waals surface area contributed by atoms with E-state index in [2.05, 4.69) is 10.6 Å². The second-order valence-corrected chi connectivity index (χ2v) is 6.52. The predicted octanol–water partition coefficient (Wildman–Crippen LogP) is 5.14. The molecule has 0 aliphatic rings. The molecule has 0 aromatic heterocycles. The quantitative estimate of drug-likeness (QED) is 0.596. The topological polar surface area (TPSA) is 50.4 Å². The number of ether oxygens (including phenoxy) is 1. The van der Waals surface area contributed by atoms with E-state index < -0.39 is 0 Å². The molecule has 0 fully saturated rings. The molecule has 3 rings (SSSR count). The number of rotatable bonds is 7. The zero-order chi connectivity index (χ0) is 19.1. The number of carbonyl (C=O) groups is 1. The van der Waals surface area contributed by atoms with Crippen molar-refractivity contribution >= 4 is 28.9 Å². The van der Waals surface area contributed by atoms with Crippen molar-refractivity contribution in [1.82, 2.24) is 0 Å². The third kappa shape index (κ3) is 5.50. The summed E-state index contributed by atoms with van der Waals surface area (Å²) in [6, 6.07) is 23.0. The number of benzene rings is 3. The van der Waals surface area contributed by atoms with Crippen LogP contribution in [0.4, 0.5) is 11.4 Å². The van der Waals surface area contributed by atoms with Crippen LogP contribution in [0.5, 0.6) is 5.75 Å². The van der Waals surface area contributed by atoms with Gasteiger partial charge in [-0.25, -0.2) is 0 Å². The summed E-state index contributed by atoms with van der Waals surface area (Å²) in [6.07, 6.45) is 0.267. The van der Waals surface area contributed by atoms with Gasteiger partial charge in [0.15, 0.2) is 0 Å². The molecule has 3 aromatic rings. The van der Waals surface area contributed by atoms with Crippen LogP contribution in [0, 0.1) is 0 Å². The van der Waals surface area contributed by atoms with Gasteiger partial charge in [0.1, 0.15) is 5.75 Å². The number of methoxy groups -OCH3 is 1. The van der Waals surface area contributed by atoms with Crippen LogP contribution in [0.1, 0.15) is 11.1 Å². The summed E-state index contributed by atoms with van der Waals surface area (Å²) >= 11 is 6.35. The molecule has 138 valence electrons. The van der Waals surface area contributed by atoms with E-state index in [0.29, 0.717) is 17.3 Å². The number of hydrogen-bond acceptors (Lipinski definition) is 3. The molecule has 0 heterocycles. The van der Waals surface area contributed by atoms with Crippen LogP contribution in [0.2, 0.25) is 5.02 Å². The summed E-state index contributed by atoms with van der Waals surface area (Å²) in [5, 5.41) is 6.74. The number of halogens is 1. The number of nitrogens with one attached hydrogen (secondary N) is 2. The molecule has 0 unspecified atom stereocenters. The Morgan fingerprint density at radius 1 is 0.963 bits per heavy atom. The summed E-state index contributed by atoms with van der Waals surface area (Å²) in [5.74, 6) is 0.626. The summed E-state index contributed by atoms with van der Waals surface area (Å²) in [4.78, 5) is 12.3. The van der Waals surface area contributed by atoms with E-state index in [-0.39, 0.29) is 12.3 Å². The Balaban J connectivity index is 1.58. The third-order valence-electron chi connectivity index (χ3n) is 4.08. The molecule has 0 radical (unpaired) electrons. The van der Waals surface area contributed by atoms with E-state index in [1.807, 2.05) is 66.7 Å². The van der Waals surface area contributed by atoms with E-state index in [1.165, 1.54) is 5.56 Å². The molecule has 0 aliphatic heterocycles. The Morgan fingerprint density at radius 3 is 2.48 bits per heavy atom. The molecule has 0 bridgehead atoms. The maximum atomic E-state index is 12.3. The molecule has 0 aliphatic carbocycles. The van der Waals surface area contributed by atoms with Crippen molar-refractivity contribution in [3.63, 3.8) is 0 Å². The van der Waals surface area contributed by atoms with Crippen molar-refractivity contribution in [1.29, 1.82) is 0 Å². The molecule has 4 nitrogen and oxygen atoms in total. The van der Waals surface area contributed by atoms with E-state index in [0.717, 1.165) is 17.0 Å². The summed E-state index contributed by atoms with van der Waals surface area (Å²) < 4.78 is 5.18. The molecule has 0 atom stereocenters. The van der Waals surface area contributed by atoms with E-state index >= 15 is 0 Å². The first-order valence-electron chi connectivity index (χ1n) is 8.64. The number of hydrogen-bond donors (Lipinski definition) is 2. The first kappa shape index (κ1) is 18.8. The third-order valence-corrected chi connectivity index (χ3v) is 4.39. The van der Waals surface area contributed by atoms with Crippen molar-refractivity contribution in [3.8, 4) is 5.75 Å². The standard InChI is InChI=1S/C22H21ClN2O2/c1-27-19-9-5-8-17(12-19)13-22(26)25-18-10-11-21(20(23)14-18)24-15-16-6-3-2-4-7-16/h2-12,14,24H,13,15H2,1H3,(H,25,26). The fraction of sp³-hybridized carbons (Fsp3) is 0.136. The normalized spacial score (nSPS) is 10.3. The zero-order valence-corrected chi connectivity index (χ0v) is 15.8. The Morgan fingerprint density at radius 2 is 1.74 bits per heavy atom. The molecule has 0 saturated heterocycles. The lowest BCUT2D eigenvalue weighted by molar-refractivity contribution is -0.115. The van der Waals surface area contributed by atoms with Gasteiger partial charge in [0.25, 0.3) is 0 Å². The Bertz CT molecular complexity index is 913. The minimum absolute atomic E-state index is 0.107. The number of carbonyl (C=O) groups excluding carboxylic acids is 1. The maximum absolute atomic E-state index is 12.3. The fourth-order valence-electron chi connectivity index (χ4n) is 2.70. The van der Waals surface area contributed by atoms with Gasteiger partial charge in [-0.05, 0) is 41.5 Å². The van der Waals surface area contributed by atoms with Gasteiger partial charge in [-0.2, -0.15) is 0 Å². The van der Waals surface area contributed by atoms with Gasteiger partial charge in [-0.3, -0.25) is 4.79 Å². The van der Waals surface area contributed by atoms with Crippen LogP contribution in [-0.4, -0.2) is 13.0 Å². The van der Waals surface area contributed by atoms with Crippen LogP contribution >= 0.6 is 11.6 Å². The van der Waals surface area contributed by atoms with Crippen LogP contribution in [0.15, 0.2) is 72.8 Å². The molecule has 3 aromatic carbocycles. The van der Waals surface area contributed by atoms with Gasteiger partial charge in [0.2, 0.25) is 5.91 Å². The lowest BCUT2D eigenvalue weighted by Crippen LogP contribution is -2.14. The van der Waals surface area contributed by atoms with Crippen molar-refractivity contribution in [2.24, 2.45) is 0 Å². The maximum Gasteiger partial charge on any atom is 0.228 e. The highest BCUT2D eigenvalue weighted by atomic mass is 35.5. The van der Waals surface area contributed by atoms with Gasteiger partial charge >= 0.3 is 0 Å². The highest BCUT2D eigenvalue weighted by Crippen LogP contribution is 2.26. The molecule has 0 saturated carbocycles. The molecular formula is C22H21ClN2O2. The Labute approximate surface area is 164 Å². The highest BCUT2D eigenvalue weighted by molar-refractivity contribution is 6.33. The van der Waals surface area contributed by atoms with Gasteiger partial charge in [0.05, 0.1) is 24.2 Å². The van der Waals surface area contributed by atoms with Crippen molar-refractivity contribution in [2.75, 3.05) is 17.7 Å². The van der Waals surface area contributed by atoms with E-state index in [9.17, 15) is 4.79 Å². The zero-order valence-electron chi connectivity index (χ0n) is 15.0. The van der Waals surface area contributed by atoms with Crippen LogP contribution in [-0.2, 0) is 17.8 Å². The second-order valence-electron chi connectivity index (χ2n) is 6.11. The minimum atomic E-state index is -0.107. The SMILES string of the molecule is COc1cccc(CC(=O)Nc2ccc(NCc3ccccc3)c(Cl)c2)c1. The Kier molecular flexibility index (Phi) is 6.34. The average molecular weight is 381 g/mol. The van der Waals surface area contributed by atoms with Gasteiger partial charge < -0.3 is 15.4 Å². The molecular weight excluding hydrogens is 360 g/mol. The van der Waals surface area contributed by atoms with Gasteiger partial charge in [0, 0.05) is 12.2 Å². The second kappa shape index (κ2) is 9.10. The van der Waals surface area contributed by atoms with Crippen LogP contribution in [0.25, 0.3) is 0 Å². The van der Waals surface area contributed by atoms with Crippen molar-refractivity contribution in [2.45, 2.75) is 13.0 Å². The molecule has 0 spiro atoms. The number of anilines is 2. The monoisotopic (exact) mass is 380 g/mol. The smallest absolute Gasteiger partial charge is 0.228 e. The van der Waals surface area contributed by atoms with Gasteiger partial charge in [-0.15, -0.1) is 0 Å². The lowest BCUT2D eigenvalue weighted by atomic mass is 10.1. The fourth-order valence-corrected chi connectivity index (χ4v) is 2.95. The first-order chi connectivity index (χ1) is 13.1. The van der Waals surface area contributed by atoms with Crippen LogP contribution < -0.4 is 15.4 Å². The van der Waals surface area contributed by atoms with Gasteiger partial charge in [-0.1, -0.05) is 54.1 Å². The number of amides is 1. The van der Waals surface area contributed by atoms with Crippen molar-refractivity contribution in [3.05, 3.63) is 88.9 Å². The molecule has 5 heteroatoms. The highest BCUT2D eigenvalue weighted by Gasteiger charge is 2.07. The average Bonchev–Trinajstić information content (AvgIpc) is 2.68. The summed E-state index contributed by atoms with van der Waals surface area (Å²) in [7, 11) is 1.61.